The fourth-order valence-corrected chi connectivity index (χ4v) is 3.37. The second kappa shape index (κ2) is 9.15. The highest BCUT2D eigenvalue weighted by Crippen LogP contribution is 2.25. The predicted molar refractivity (Wildman–Crippen MR) is 125 cm³/mol. The monoisotopic (exact) mass is 446 g/mol. The fraction of sp³-hybridized carbons (Fsp3) is 0.250. The average molecular weight is 447 g/mol. The van der Waals surface area contributed by atoms with Gasteiger partial charge in [0, 0.05) is 11.3 Å². The van der Waals surface area contributed by atoms with Crippen molar-refractivity contribution in [1.29, 1.82) is 0 Å². The van der Waals surface area contributed by atoms with Crippen molar-refractivity contribution in [3.8, 4) is 17.2 Å². The van der Waals surface area contributed by atoms with Crippen molar-refractivity contribution in [2.24, 2.45) is 0 Å². The Labute approximate surface area is 191 Å². The normalized spacial score (nSPS) is 10.9. The van der Waals surface area contributed by atoms with Crippen LogP contribution in [0, 0.1) is 20.8 Å². The predicted octanol–water partition coefficient (Wildman–Crippen LogP) is 4.14. The number of hydrogen-bond donors (Lipinski definition) is 2. The van der Waals surface area contributed by atoms with Gasteiger partial charge in [0.25, 0.3) is 5.91 Å². The Bertz CT molecular complexity index is 1290. The lowest BCUT2D eigenvalue weighted by Crippen LogP contribution is -2.16. The number of carbonyl (C=O) groups is 1. The van der Waals surface area contributed by atoms with Gasteiger partial charge in [-0.25, -0.2) is 9.67 Å². The highest BCUT2D eigenvalue weighted by Gasteiger charge is 2.20. The lowest BCUT2D eigenvalue weighted by molar-refractivity contribution is 0.102. The molecule has 1 amide bonds. The number of nitrogen functional groups attached to an aromatic ring is 1. The van der Waals surface area contributed by atoms with E-state index in [2.05, 4.69) is 20.6 Å². The molecule has 33 heavy (non-hydrogen) atoms. The molecule has 0 saturated heterocycles. The standard InChI is InChI=1S/C24H26N6O3/c1-5-32-18-11-9-17(10-12-18)24-27-20(16(4)33-24)13-30-22(25)21(28-29-30)23(31)26-19-8-6-7-14(2)15(19)3/h6-12H,5,13,25H2,1-4H3,(H,26,31). The lowest BCUT2D eigenvalue weighted by Gasteiger charge is -2.09. The van der Waals surface area contributed by atoms with Crippen molar-refractivity contribution >= 4 is 17.4 Å². The maximum Gasteiger partial charge on any atom is 0.280 e. The van der Waals surface area contributed by atoms with E-state index < -0.39 is 5.91 Å². The first-order chi connectivity index (χ1) is 15.9. The molecule has 0 aliphatic heterocycles. The van der Waals surface area contributed by atoms with Crippen LogP contribution in [0.3, 0.4) is 0 Å². The van der Waals surface area contributed by atoms with E-state index in [1.807, 2.05) is 70.2 Å². The van der Waals surface area contributed by atoms with Gasteiger partial charge in [-0.15, -0.1) is 5.10 Å². The molecule has 0 atom stereocenters. The van der Waals surface area contributed by atoms with E-state index in [0.717, 1.165) is 22.4 Å². The number of aromatic nitrogens is 4. The van der Waals surface area contributed by atoms with Crippen molar-refractivity contribution in [3.63, 3.8) is 0 Å². The number of amides is 1. The van der Waals surface area contributed by atoms with Crippen molar-refractivity contribution in [2.75, 3.05) is 17.7 Å². The van der Waals surface area contributed by atoms with Gasteiger partial charge in [0.2, 0.25) is 5.89 Å². The van der Waals surface area contributed by atoms with Gasteiger partial charge >= 0.3 is 0 Å². The van der Waals surface area contributed by atoms with Crippen molar-refractivity contribution in [1.82, 2.24) is 20.0 Å². The number of carbonyl (C=O) groups excluding carboxylic acids is 1. The molecule has 0 fully saturated rings. The highest BCUT2D eigenvalue weighted by atomic mass is 16.5. The number of nitrogens with two attached hydrogens (primary N) is 1. The molecule has 0 saturated carbocycles. The summed E-state index contributed by atoms with van der Waals surface area (Å²) in [6.45, 7) is 8.51. The molecule has 170 valence electrons. The molecule has 4 rings (SSSR count). The molecule has 0 bridgehead atoms. The summed E-state index contributed by atoms with van der Waals surface area (Å²) in [7, 11) is 0. The van der Waals surface area contributed by atoms with Crippen molar-refractivity contribution < 1.29 is 13.9 Å². The topological polar surface area (TPSA) is 121 Å². The van der Waals surface area contributed by atoms with E-state index in [4.69, 9.17) is 14.9 Å². The molecule has 0 aliphatic carbocycles. The number of hydrogen-bond acceptors (Lipinski definition) is 7. The molecule has 0 unspecified atom stereocenters. The third-order valence-corrected chi connectivity index (χ3v) is 5.45. The first-order valence-electron chi connectivity index (χ1n) is 10.6. The zero-order valence-electron chi connectivity index (χ0n) is 19.0. The Hall–Kier alpha value is -4.14. The van der Waals surface area contributed by atoms with Crippen LogP contribution in [0.1, 0.15) is 40.0 Å². The van der Waals surface area contributed by atoms with E-state index in [0.29, 0.717) is 29.6 Å². The van der Waals surface area contributed by atoms with Gasteiger partial charge in [0.05, 0.1) is 13.2 Å². The van der Waals surface area contributed by atoms with Crippen molar-refractivity contribution in [3.05, 3.63) is 70.7 Å². The third kappa shape index (κ3) is 4.57. The zero-order chi connectivity index (χ0) is 23.5. The summed E-state index contributed by atoms with van der Waals surface area (Å²) in [4.78, 5) is 17.3. The second-order valence-corrected chi connectivity index (χ2v) is 7.66. The van der Waals surface area contributed by atoms with Gasteiger partial charge in [-0.1, -0.05) is 17.3 Å². The Kier molecular flexibility index (Phi) is 6.12. The number of ether oxygens (including phenoxy) is 1. The van der Waals surface area contributed by atoms with Gasteiger partial charge < -0.3 is 20.2 Å². The fourth-order valence-electron chi connectivity index (χ4n) is 3.37. The molecule has 9 heteroatoms. The molecule has 2 heterocycles. The molecular weight excluding hydrogens is 420 g/mol. The maximum atomic E-state index is 12.7. The summed E-state index contributed by atoms with van der Waals surface area (Å²) in [5.74, 6) is 1.64. The Morgan fingerprint density at radius 3 is 2.64 bits per heavy atom. The molecule has 4 aromatic rings. The molecule has 2 aromatic carbocycles. The minimum absolute atomic E-state index is 0.0591. The van der Waals surface area contributed by atoms with E-state index in [9.17, 15) is 4.79 Å². The summed E-state index contributed by atoms with van der Waals surface area (Å²) >= 11 is 0. The number of benzene rings is 2. The van der Waals surface area contributed by atoms with E-state index >= 15 is 0 Å². The van der Waals surface area contributed by atoms with Crippen LogP contribution in [0.2, 0.25) is 0 Å². The Morgan fingerprint density at radius 1 is 1.15 bits per heavy atom. The van der Waals surface area contributed by atoms with Crippen LogP contribution in [-0.4, -0.2) is 32.5 Å². The summed E-state index contributed by atoms with van der Waals surface area (Å²) in [5, 5.41) is 10.9. The van der Waals surface area contributed by atoms with Gasteiger partial charge in [-0.2, -0.15) is 0 Å². The van der Waals surface area contributed by atoms with Crippen molar-refractivity contribution in [2.45, 2.75) is 34.2 Å². The van der Waals surface area contributed by atoms with Crippen LogP contribution < -0.4 is 15.8 Å². The maximum absolute atomic E-state index is 12.7. The first-order valence-corrected chi connectivity index (χ1v) is 10.6. The Balaban J connectivity index is 1.51. The van der Waals surface area contributed by atoms with Crippen LogP contribution in [0.5, 0.6) is 5.75 Å². The van der Waals surface area contributed by atoms with Crippen LogP contribution >= 0.6 is 0 Å². The average Bonchev–Trinajstić information content (AvgIpc) is 3.35. The van der Waals surface area contributed by atoms with Gasteiger partial charge in [0.1, 0.15) is 17.2 Å². The van der Waals surface area contributed by atoms with Crippen LogP contribution in [0.25, 0.3) is 11.5 Å². The lowest BCUT2D eigenvalue weighted by atomic mass is 10.1. The SMILES string of the molecule is CCOc1ccc(-c2nc(Cn3nnc(C(=O)Nc4cccc(C)c4C)c3N)c(C)o2)cc1. The van der Waals surface area contributed by atoms with Gasteiger partial charge in [-0.05, 0) is 69.2 Å². The molecule has 2 aromatic heterocycles. The molecular formula is C24H26N6O3. The second-order valence-electron chi connectivity index (χ2n) is 7.66. The number of nitrogens with zero attached hydrogens (tertiary/aromatic N) is 4. The number of aryl methyl sites for hydroxylation is 2. The molecule has 0 aliphatic rings. The summed E-state index contributed by atoms with van der Waals surface area (Å²) < 4.78 is 12.7. The zero-order valence-corrected chi connectivity index (χ0v) is 19.0. The van der Waals surface area contributed by atoms with E-state index in [1.54, 1.807) is 0 Å². The minimum Gasteiger partial charge on any atom is -0.494 e. The number of rotatable bonds is 7. The highest BCUT2D eigenvalue weighted by molar-refractivity contribution is 6.06. The van der Waals surface area contributed by atoms with Crippen LogP contribution in [0.15, 0.2) is 46.9 Å². The van der Waals surface area contributed by atoms with Gasteiger partial charge in [-0.3, -0.25) is 4.79 Å². The van der Waals surface area contributed by atoms with Crippen LogP contribution in [0.4, 0.5) is 11.5 Å². The minimum atomic E-state index is -0.417. The molecule has 0 radical (unpaired) electrons. The smallest absolute Gasteiger partial charge is 0.280 e. The number of anilines is 2. The van der Waals surface area contributed by atoms with Crippen LogP contribution in [-0.2, 0) is 6.54 Å². The van der Waals surface area contributed by atoms with E-state index in [-0.39, 0.29) is 18.1 Å². The van der Waals surface area contributed by atoms with Gasteiger partial charge in [0.15, 0.2) is 11.5 Å². The summed E-state index contributed by atoms with van der Waals surface area (Å²) in [5.41, 5.74) is 10.5. The first kappa shape index (κ1) is 22.1. The van der Waals surface area contributed by atoms with E-state index in [1.165, 1.54) is 4.68 Å². The summed E-state index contributed by atoms with van der Waals surface area (Å²) in [6, 6.07) is 13.2. The third-order valence-electron chi connectivity index (χ3n) is 5.45. The number of oxazole rings is 1. The summed E-state index contributed by atoms with van der Waals surface area (Å²) in [6.07, 6.45) is 0. The quantitative estimate of drug-likeness (QED) is 0.437. The number of nitrogens with one attached hydrogen (secondary N) is 1. The molecule has 3 N–H and O–H groups in total. The largest absolute Gasteiger partial charge is 0.494 e. The molecule has 9 nitrogen and oxygen atoms in total. The Morgan fingerprint density at radius 2 is 1.91 bits per heavy atom. The molecule has 0 spiro atoms.